The van der Waals surface area contributed by atoms with Gasteiger partial charge in [-0.15, -0.1) is 0 Å². The van der Waals surface area contributed by atoms with Gasteiger partial charge in [0.2, 0.25) is 0 Å². The van der Waals surface area contributed by atoms with Gasteiger partial charge in [0, 0.05) is 0 Å². The molecule has 90 heavy (non-hydrogen) atoms. The van der Waals surface area contributed by atoms with Crippen LogP contribution in [-0.4, -0.2) is 0 Å². The molecule has 420 valence electrons. The molecule has 0 unspecified atom stereocenters. The average molecular weight is 1140 g/mol. The highest BCUT2D eigenvalue weighted by Gasteiger charge is 2.09. The van der Waals surface area contributed by atoms with Gasteiger partial charge in [-0.2, -0.15) is 0 Å². The van der Waals surface area contributed by atoms with E-state index in [9.17, 15) is 0 Å². The molecule has 20 aromatic rings. The fraction of sp³-hybridized carbons (Fsp3) is 0. The van der Waals surface area contributed by atoms with E-state index in [0.29, 0.717) is 0 Å². The fourth-order valence-electron chi connectivity index (χ4n) is 13.9. The van der Waals surface area contributed by atoms with Gasteiger partial charge in [0.05, 0.1) is 0 Å². The molecule has 0 N–H and O–H groups in total. The number of benzene rings is 20. The maximum absolute atomic E-state index is 2.24. The van der Waals surface area contributed by atoms with E-state index in [-0.39, 0.29) is 0 Å². The zero-order valence-electron chi connectivity index (χ0n) is 49.6. The van der Waals surface area contributed by atoms with Gasteiger partial charge < -0.3 is 0 Å². The quantitative estimate of drug-likeness (QED) is 0.133. The van der Waals surface area contributed by atoms with Crippen molar-refractivity contribution >= 4 is 162 Å². The van der Waals surface area contributed by atoms with Gasteiger partial charge in [0.25, 0.3) is 0 Å². The second kappa shape index (κ2) is 23.5. The molecular formula is C90H60. The van der Waals surface area contributed by atoms with Crippen molar-refractivity contribution in [3.63, 3.8) is 0 Å². The van der Waals surface area contributed by atoms with E-state index in [1.165, 1.54) is 162 Å². The standard InChI is InChI=1S/5C18H12/c5*1-3-7-15-13(5-1)9-11-18-16-8-4-2-6-14(16)10-12-17(15)18/h5*1-12H. The van der Waals surface area contributed by atoms with Gasteiger partial charge in [-0.05, 0) is 162 Å². The van der Waals surface area contributed by atoms with Crippen LogP contribution in [0.4, 0.5) is 0 Å². The monoisotopic (exact) mass is 1140 g/mol. The summed E-state index contributed by atoms with van der Waals surface area (Å²) in [5.41, 5.74) is 0. The normalized spacial score (nSPS) is 11.3. The lowest BCUT2D eigenvalue weighted by molar-refractivity contribution is 1.77. The molecule has 0 spiro atoms. The molecular weight excluding hydrogens is 1080 g/mol. The van der Waals surface area contributed by atoms with E-state index in [1.807, 2.05) is 0 Å². The largest absolute Gasteiger partial charge is 0.0616 e. The fourth-order valence-corrected chi connectivity index (χ4v) is 13.9. The van der Waals surface area contributed by atoms with Crippen molar-refractivity contribution in [1.82, 2.24) is 0 Å². The lowest BCUT2D eigenvalue weighted by atomic mass is 9.97. The number of hydrogen-bond acceptors (Lipinski definition) is 0. The van der Waals surface area contributed by atoms with E-state index in [4.69, 9.17) is 0 Å². The molecule has 0 heterocycles. The van der Waals surface area contributed by atoms with E-state index in [0.717, 1.165) is 0 Å². The first-order valence-electron chi connectivity index (χ1n) is 31.1. The minimum absolute atomic E-state index is 1.31. The zero-order valence-corrected chi connectivity index (χ0v) is 49.6. The highest BCUT2D eigenvalue weighted by atomic mass is 14.1. The molecule has 0 aliphatic heterocycles. The van der Waals surface area contributed by atoms with Gasteiger partial charge >= 0.3 is 0 Å². The van der Waals surface area contributed by atoms with E-state index >= 15 is 0 Å². The molecule has 0 atom stereocenters. The Kier molecular flexibility index (Phi) is 14.1. The van der Waals surface area contributed by atoms with E-state index in [2.05, 4.69) is 364 Å². The molecule has 20 aromatic carbocycles. The molecule has 0 aliphatic rings. The van der Waals surface area contributed by atoms with E-state index in [1.54, 1.807) is 0 Å². The Labute approximate surface area is 522 Å². The molecule has 0 bridgehead atoms. The first-order valence-corrected chi connectivity index (χ1v) is 31.1. The van der Waals surface area contributed by atoms with Crippen LogP contribution in [0.15, 0.2) is 364 Å². The summed E-state index contributed by atoms with van der Waals surface area (Å²) in [7, 11) is 0. The topological polar surface area (TPSA) is 0 Å². The van der Waals surface area contributed by atoms with E-state index < -0.39 is 0 Å². The average Bonchev–Trinajstić information content (AvgIpc) is 1.02. The molecule has 0 aromatic heterocycles. The van der Waals surface area contributed by atoms with Crippen molar-refractivity contribution in [3.8, 4) is 0 Å². The van der Waals surface area contributed by atoms with Crippen molar-refractivity contribution < 1.29 is 0 Å². The summed E-state index contributed by atoms with van der Waals surface area (Å²) in [5, 5.41) is 39.8. The smallest absolute Gasteiger partial charge is 0.00990 e. The molecule has 0 fully saturated rings. The minimum atomic E-state index is 1.31. The number of fused-ring (bicyclic) bond motifs is 25. The van der Waals surface area contributed by atoms with Crippen molar-refractivity contribution in [3.05, 3.63) is 364 Å². The summed E-state index contributed by atoms with van der Waals surface area (Å²) in [6, 6.07) is 130. The van der Waals surface area contributed by atoms with Gasteiger partial charge in [-0.1, -0.05) is 364 Å². The Hall–Kier alpha value is -11.7. The van der Waals surface area contributed by atoms with Gasteiger partial charge in [-0.25, -0.2) is 0 Å². The van der Waals surface area contributed by atoms with Crippen molar-refractivity contribution in [1.29, 1.82) is 0 Å². The Morgan fingerprint density at radius 1 is 0.0667 bits per heavy atom. The van der Waals surface area contributed by atoms with Crippen molar-refractivity contribution in [2.24, 2.45) is 0 Å². The van der Waals surface area contributed by atoms with Gasteiger partial charge in [0.15, 0.2) is 0 Å². The number of rotatable bonds is 0. The van der Waals surface area contributed by atoms with Crippen LogP contribution in [0, 0.1) is 0 Å². The molecule has 0 aliphatic carbocycles. The Morgan fingerprint density at radius 2 is 0.156 bits per heavy atom. The van der Waals surface area contributed by atoms with Crippen LogP contribution in [0.3, 0.4) is 0 Å². The third-order valence-corrected chi connectivity index (χ3v) is 18.3. The first kappa shape index (κ1) is 53.7. The summed E-state index contributed by atoms with van der Waals surface area (Å²) >= 11 is 0. The van der Waals surface area contributed by atoms with Gasteiger partial charge in [-0.3, -0.25) is 0 Å². The van der Waals surface area contributed by atoms with Crippen LogP contribution in [0.5, 0.6) is 0 Å². The summed E-state index contributed by atoms with van der Waals surface area (Å²) in [5.74, 6) is 0. The highest BCUT2D eigenvalue weighted by Crippen LogP contribution is 2.36. The molecule has 0 radical (unpaired) electrons. The maximum Gasteiger partial charge on any atom is -0.00990 e. The lowest BCUT2D eigenvalue weighted by Crippen LogP contribution is -1.79. The summed E-state index contributed by atoms with van der Waals surface area (Å²) < 4.78 is 0. The van der Waals surface area contributed by atoms with Crippen LogP contribution >= 0.6 is 0 Å². The number of hydrogen-bond donors (Lipinski definition) is 0. The maximum atomic E-state index is 2.24. The van der Waals surface area contributed by atoms with Crippen molar-refractivity contribution in [2.45, 2.75) is 0 Å². The molecule has 0 nitrogen and oxygen atoms in total. The third kappa shape index (κ3) is 9.97. The lowest BCUT2D eigenvalue weighted by Gasteiger charge is -2.07. The molecule has 0 heteroatoms. The summed E-state index contributed by atoms with van der Waals surface area (Å²) in [4.78, 5) is 0. The second-order valence-corrected chi connectivity index (χ2v) is 23.3. The Bertz CT molecular complexity index is 4860. The zero-order chi connectivity index (χ0) is 59.7. The Morgan fingerprint density at radius 3 is 0.256 bits per heavy atom. The van der Waals surface area contributed by atoms with Crippen LogP contribution < -0.4 is 0 Å². The molecule has 0 amide bonds. The SMILES string of the molecule is c1ccc2c(c1)ccc1c3ccccc3ccc21.c1ccc2c(c1)ccc1c3ccccc3ccc21.c1ccc2c(c1)ccc1c3ccccc3ccc21.c1ccc2c(c1)ccc1c3ccccc3ccc21.c1ccc2c(c1)ccc1c3ccccc3ccc21. The summed E-state index contributed by atoms with van der Waals surface area (Å²) in [6.45, 7) is 0. The highest BCUT2D eigenvalue weighted by molar-refractivity contribution is 6.21. The van der Waals surface area contributed by atoms with Crippen LogP contribution in [0.2, 0.25) is 0 Å². The molecule has 0 saturated heterocycles. The predicted molar refractivity (Wildman–Crippen MR) is 395 cm³/mol. The summed E-state index contributed by atoms with van der Waals surface area (Å²) in [6.07, 6.45) is 0. The third-order valence-electron chi connectivity index (χ3n) is 18.3. The molecule has 0 saturated carbocycles. The van der Waals surface area contributed by atoms with Crippen LogP contribution in [-0.2, 0) is 0 Å². The second-order valence-electron chi connectivity index (χ2n) is 23.3. The van der Waals surface area contributed by atoms with Gasteiger partial charge in [0.1, 0.15) is 0 Å². The van der Waals surface area contributed by atoms with Crippen LogP contribution in [0.1, 0.15) is 0 Å². The van der Waals surface area contributed by atoms with Crippen LogP contribution in [0.25, 0.3) is 162 Å². The van der Waals surface area contributed by atoms with Crippen molar-refractivity contribution in [2.75, 3.05) is 0 Å². The minimum Gasteiger partial charge on any atom is -0.0616 e. The Balaban J connectivity index is 0.0000000901. The predicted octanol–water partition coefficient (Wildman–Crippen LogP) is 25.7. The first-order chi connectivity index (χ1) is 44.7. The molecule has 20 rings (SSSR count).